The number of piperidine rings is 1. The van der Waals surface area contributed by atoms with Crippen LogP contribution in [0.2, 0.25) is 0 Å². The Morgan fingerprint density at radius 2 is 1.71 bits per heavy atom. The molecule has 0 spiro atoms. The summed E-state index contributed by atoms with van der Waals surface area (Å²) in [6.07, 6.45) is 3.34. The molecule has 2 aromatic rings. The Morgan fingerprint density at radius 3 is 2.34 bits per heavy atom. The van der Waals surface area contributed by atoms with Gasteiger partial charge in [0.05, 0.1) is 12.7 Å². The number of carbonyl (C=O) groups excluding carboxylic acids is 3. The minimum atomic E-state index is -0.631. The highest BCUT2D eigenvalue weighted by Gasteiger charge is 2.38. The van der Waals surface area contributed by atoms with Crippen molar-refractivity contribution < 1.29 is 27.9 Å². The minimum absolute atomic E-state index is 0.0318. The van der Waals surface area contributed by atoms with E-state index in [2.05, 4.69) is 0 Å². The van der Waals surface area contributed by atoms with Crippen molar-refractivity contribution in [2.45, 2.75) is 38.1 Å². The van der Waals surface area contributed by atoms with Crippen LogP contribution >= 0.6 is 0 Å². The summed E-state index contributed by atoms with van der Waals surface area (Å²) in [5.74, 6) is -1.75. The molecule has 1 saturated heterocycles. The number of nitrogens with zero attached hydrogens (tertiary/aromatic N) is 2. The molecule has 0 radical (unpaired) electrons. The van der Waals surface area contributed by atoms with E-state index in [9.17, 15) is 23.2 Å². The van der Waals surface area contributed by atoms with E-state index in [1.165, 1.54) is 25.3 Å². The predicted octanol–water partition coefficient (Wildman–Crippen LogP) is 4.08. The second-order valence-corrected chi connectivity index (χ2v) is 9.43. The van der Waals surface area contributed by atoms with E-state index in [0.29, 0.717) is 49.0 Å². The molecular formula is C27H30F2N2O4. The third-order valence-electron chi connectivity index (χ3n) is 7.12. The van der Waals surface area contributed by atoms with Crippen LogP contribution in [0.15, 0.2) is 42.5 Å². The van der Waals surface area contributed by atoms with E-state index >= 15 is 0 Å². The normalized spacial score (nSPS) is 17.1. The molecule has 1 aliphatic carbocycles. The fraction of sp³-hybridized carbons (Fsp3) is 0.444. The fourth-order valence-corrected chi connectivity index (χ4v) is 4.88. The molecule has 0 bridgehead atoms. The van der Waals surface area contributed by atoms with Gasteiger partial charge in [-0.25, -0.2) is 13.6 Å². The van der Waals surface area contributed by atoms with E-state index in [-0.39, 0.29) is 29.7 Å². The van der Waals surface area contributed by atoms with Crippen molar-refractivity contribution in [2.75, 3.05) is 27.2 Å². The lowest BCUT2D eigenvalue weighted by Crippen LogP contribution is -2.49. The first-order valence-corrected chi connectivity index (χ1v) is 12.0. The monoisotopic (exact) mass is 484 g/mol. The fourth-order valence-electron chi connectivity index (χ4n) is 4.88. The molecule has 8 heteroatoms. The van der Waals surface area contributed by atoms with Crippen LogP contribution in [0.4, 0.5) is 8.78 Å². The zero-order valence-corrected chi connectivity index (χ0v) is 20.0. The Labute approximate surface area is 203 Å². The summed E-state index contributed by atoms with van der Waals surface area (Å²) in [6, 6.07) is 9.76. The standard InChI is InChI=1S/C27H30F2N2O4/c1-30(25(32)18-6-7-18)24(15-19-8-9-22(28)16-23(19)29)17-10-12-31(13-11-17)26(33)20-4-3-5-21(14-20)27(34)35-2/h3-5,8-9,14,16-18,24H,6-7,10-13,15H2,1-2H3/t24-/m0/s1. The highest BCUT2D eigenvalue weighted by molar-refractivity contribution is 5.98. The summed E-state index contributed by atoms with van der Waals surface area (Å²) < 4.78 is 32.6. The summed E-state index contributed by atoms with van der Waals surface area (Å²) >= 11 is 0. The Bertz CT molecular complexity index is 1110. The van der Waals surface area contributed by atoms with Gasteiger partial charge in [0.25, 0.3) is 5.91 Å². The molecule has 2 amide bonds. The van der Waals surface area contributed by atoms with E-state index in [1.807, 2.05) is 0 Å². The third kappa shape index (κ3) is 5.69. The maximum Gasteiger partial charge on any atom is 0.337 e. The van der Waals surface area contributed by atoms with Crippen molar-refractivity contribution in [3.05, 3.63) is 70.8 Å². The number of esters is 1. The highest BCUT2D eigenvalue weighted by atomic mass is 19.1. The summed E-state index contributed by atoms with van der Waals surface area (Å²) in [7, 11) is 3.06. The lowest BCUT2D eigenvalue weighted by Gasteiger charge is -2.40. The van der Waals surface area contributed by atoms with Crippen LogP contribution < -0.4 is 0 Å². The Kier molecular flexibility index (Phi) is 7.48. The zero-order chi connectivity index (χ0) is 25.1. The molecule has 1 atom stereocenters. The van der Waals surface area contributed by atoms with Crippen molar-refractivity contribution in [3.8, 4) is 0 Å². The molecule has 0 unspecified atom stereocenters. The van der Waals surface area contributed by atoms with Gasteiger partial charge in [-0.05, 0) is 67.9 Å². The lowest BCUT2D eigenvalue weighted by atomic mass is 9.84. The largest absolute Gasteiger partial charge is 0.465 e. The molecule has 0 N–H and O–H groups in total. The molecule has 1 heterocycles. The molecule has 1 aliphatic heterocycles. The predicted molar refractivity (Wildman–Crippen MR) is 126 cm³/mol. The Balaban J connectivity index is 1.47. The van der Waals surface area contributed by atoms with Crippen molar-refractivity contribution >= 4 is 17.8 Å². The first-order valence-electron chi connectivity index (χ1n) is 12.0. The second kappa shape index (κ2) is 10.5. The Hall–Kier alpha value is -3.29. The number of hydrogen-bond donors (Lipinski definition) is 0. The van der Waals surface area contributed by atoms with Crippen LogP contribution in [0.3, 0.4) is 0 Å². The number of methoxy groups -OCH3 is 1. The molecular weight excluding hydrogens is 454 g/mol. The highest BCUT2D eigenvalue weighted by Crippen LogP contribution is 2.34. The number of rotatable bonds is 7. The summed E-state index contributed by atoms with van der Waals surface area (Å²) in [5, 5.41) is 0. The van der Waals surface area contributed by atoms with Gasteiger partial charge in [0.15, 0.2) is 0 Å². The molecule has 2 aliphatic rings. The van der Waals surface area contributed by atoms with E-state index < -0.39 is 17.6 Å². The quantitative estimate of drug-likeness (QED) is 0.556. The van der Waals surface area contributed by atoms with Crippen molar-refractivity contribution in [3.63, 3.8) is 0 Å². The van der Waals surface area contributed by atoms with Crippen LogP contribution in [-0.4, -0.2) is 60.9 Å². The van der Waals surface area contributed by atoms with Crippen molar-refractivity contribution in [2.24, 2.45) is 11.8 Å². The van der Waals surface area contributed by atoms with E-state index in [1.54, 1.807) is 35.0 Å². The smallest absolute Gasteiger partial charge is 0.337 e. The summed E-state index contributed by atoms with van der Waals surface area (Å²) in [5.41, 5.74) is 1.11. The molecule has 2 fully saturated rings. The third-order valence-corrected chi connectivity index (χ3v) is 7.12. The number of benzene rings is 2. The molecule has 0 aromatic heterocycles. The Morgan fingerprint density at radius 1 is 1.03 bits per heavy atom. The van der Waals surface area contributed by atoms with Crippen LogP contribution in [0.5, 0.6) is 0 Å². The number of likely N-dealkylation sites (N-methyl/N-ethyl adjacent to an activating group) is 1. The topological polar surface area (TPSA) is 66.9 Å². The molecule has 2 aromatic carbocycles. The molecule has 35 heavy (non-hydrogen) atoms. The summed E-state index contributed by atoms with van der Waals surface area (Å²) in [6.45, 7) is 0.972. The van der Waals surface area contributed by atoms with Crippen LogP contribution in [-0.2, 0) is 16.0 Å². The first kappa shape index (κ1) is 24.8. The molecule has 6 nitrogen and oxygen atoms in total. The van der Waals surface area contributed by atoms with E-state index in [4.69, 9.17) is 4.74 Å². The maximum atomic E-state index is 14.5. The van der Waals surface area contributed by atoms with Gasteiger partial charge in [-0.15, -0.1) is 0 Å². The SMILES string of the molecule is COC(=O)c1cccc(C(=O)N2CCC([C@H](Cc3ccc(F)cc3F)N(C)C(=O)C3CC3)CC2)c1. The minimum Gasteiger partial charge on any atom is -0.465 e. The van der Waals surface area contributed by atoms with Gasteiger partial charge in [0.2, 0.25) is 5.91 Å². The van der Waals surface area contributed by atoms with Gasteiger partial charge < -0.3 is 14.5 Å². The first-order chi connectivity index (χ1) is 16.8. The number of carbonyl (C=O) groups is 3. The average Bonchev–Trinajstić information content (AvgIpc) is 3.72. The summed E-state index contributed by atoms with van der Waals surface area (Å²) in [4.78, 5) is 41.2. The van der Waals surface area contributed by atoms with Crippen LogP contribution in [0, 0.1) is 23.5 Å². The molecule has 1 saturated carbocycles. The number of ether oxygens (including phenoxy) is 1. The van der Waals surface area contributed by atoms with Gasteiger partial charge in [0, 0.05) is 43.7 Å². The average molecular weight is 485 g/mol. The van der Waals surface area contributed by atoms with Crippen molar-refractivity contribution in [1.29, 1.82) is 0 Å². The maximum absolute atomic E-state index is 14.5. The van der Waals surface area contributed by atoms with E-state index in [0.717, 1.165) is 18.9 Å². The molecule has 186 valence electrons. The number of hydrogen-bond acceptors (Lipinski definition) is 4. The number of halogens is 2. The number of amides is 2. The van der Waals surface area contributed by atoms with Crippen molar-refractivity contribution in [1.82, 2.24) is 9.80 Å². The lowest BCUT2D eigenvalue weighted by molar-refractivity contribution is -0.134. The van der Waals surface area contributed by atoms with Gasteiger partial charge >= 0.3 is 5.97 Å². The van der Waals surface area contributed by atoms with Crippen LogP contribution in [0.25, 0.3) is 0 Å². The van der Waals surface area contributed by atoms with Gasteiger partial charge in [-0.1, -0.05) is 12.1 Å². The number of likely N-dealkylation sites (tertiary alicyclic amines) is 1. The van der Waals surface area contributed by atoms with Gasteiger partial charge in [-0.3, -0.25) is 9.59 Å². The van der Waals surface area contributed by atoms with Gasteiger partial charge in [0.1, 0.15) is 11.6 Å². The van der Waals surface area contributed by atoms with Crippen LogP contribution in [0.1, 0.15) is 52.0 Å². The second-order valence-electron chi connectivity index (χ2n) is 9.43. The molecule has 4 rings (SSSR count). The zero-order valence-electron chi connectivity index (χ0n) is 20.0. The van der Waals surface area contributed by atoms with Gasteiger partial charge in [-0.2, -0.15) is 0 Å².